The lowest BCUT2D eigenvalue weighted by molar-refractivity contribution is -0.111. The van der Waals surface area contributed by atoms with Gasteiger partial charge >= 0.3 is 0 Å². The third-order valence-electron chi connectivity index (χ3n) is 3.00. The van der Waals surface area contributed by atoms with Crippen LogP contribution in [0.2, 0.25) is 0 Å². The predicted molar refractivity (Wildman–Crippen MR) is 74.8 cm³/mol. The van der Waals surface area contributed by atoms with Crippen LogP contribution in [0.1, 0.15) is 32.0 Å². The van der Waals surface area contributed by atoms with Gasteiger partial charge in [-0.25, -0.2) is 0 Å². The van der Waals surface area contributed by atoms with E-state index in [-0.39, 0.29) is 22.7 Å². The zero-order valence-corrected chi connectivity index (χ0v) is 11.6. The molecule has 0 fully saturated rings. The van der Waals surface area contributed by atoms with E-state index in [1.54, 1.807) is 30.3 Å². The Morgan fingerprint density at radius 1 is 1.10 bits per heavy atom. The number of halogens is 1. The van der Waals surface area contributed by atoms with Crippen molar-refractivity contribution in [2.24, 2.45) is 0 Å². The van der Waals surface area contributed by atoms with Crippen LogP contribution in [0.5, 0.6) is 0 Å². The quantitative estimate of drug-likeness (QED) is 0.627. The highest BCUT2D eigenvalue weighted by Gasteiger charge is 2.33. The molecule has 1 aromatic carbocycles. The van der Waals surface area contributed by atoms with Gasteiger partial charge in [0.05, 0.1) is 15.6 Å². The molecular formula is C15H7BrO4. The van der Waals surface area contributed by atoms with Crippen molar-refractivity contribution in [3.63, 3.8) is 0 Å². The highest BCUT2D eigenvalue weighted by atomic mass is 79.9. The van der Waals surface area contributed by atoms with E-state index in [9.17, 15) is 14.4 Å². The molecule has 0 amide bonds. The third kappa shape index (κ3) is 1.87. The minimum atomic E-state index is -0.726. The zero-order chi connectivity index (χ0) is 14.3. The van der Waals surface area contributed by atoms with Crippen LogP contribution in [0.15, 0.2) is 47.1 Å². The summed E-state index contributed by atoms with van der Waals surface area (Å²) in [7, 11) is 0. The summed E-state index contributed by atoms with van der Waals surface area (Å²) < 4.78 is 5.62. The molecule has 1 heterocycles. The highest BCUT2D eigenvalue weighted by Crippen LogP contribution is 2.33. The number of carbonyl (C=O) groups is 3. The lowest BCUT2D eigenvalue weighted by Crippen LogP contribution is -2.19. The van der Waals surface area contributed by atoms with Crippen LogP contribution in [-0.2, 0) is 4.79 Å². The highest BCUT2D eigenvalue weighted by molar-refractivity contribution is 9.15. The second-order valence-corrected chi connectivity index (χ2v) is 5.09. The molecule has 20 heavy (non-hydrogen) atoms. The molecule has 0 spiro atoms. The fourth-order valence-electron chi connectivity index (χ4n) is 2.04. The Morgan fingerprint density at radius 2 is 1.80 bits per heavy atom. The number of allylic oxidation sites excluding steroid dienone is 1. The number of furan rings is 1. The maximum atomic E-state index is 12.4. The SMILES string of the molecule is O=C1C=C(Br)c2occ(C(=O)c3ccccc3)c2C1=O. The topological polar surface area (TPSA) is 64.3 Å². The Hall–Kier alpha value is -2.27. The van der Waals surface area contributed by atoms with Crippen LogP contribution >= 0.6 is 15.9 Å². The van der Waals surface area contributed by atoms with Gasteiger partial charge in [-0.2, -0.15) is 0 Å². The standard InChI is InChI=1S/C15H7BrO4/c16-10-6-11(17)14(19)12-9(7-20-15(10)12)13(18)8-4-2-1-3-5-8/h1-7H. The van der Waals surface area contributed by atoms with Gasteiger partial charge in [0.25, 0.3) is 0 Å². The molecule has 0 atom stereocenters. The minimum Gasteiger partial charge on any atom is -0.462 e. The normalized spacial score (nSPS) is 13.9. The smallest absolute Gasteiger partial charge is 0.237 e. The van der Waals surface area contributed by atoms with Crippen LogP contribution in [0.3, 0.4) is 0 Å². The van der Waals surface area contributed by atoms with Gasteiger partial charge < -0.3 is 4.42 Å². The van der Waals surface area contributed by atoms with Crippen molar-refractivity contribution < 1.29 is 18.8 Å². The molecule has 4 nitrogen and oxygen atoms in total. The van der Waals surface area contributed by atoms with Crippen LogP contribution in [0.4, 0.5) is 0 Å². The number of rotatable bonds is 2. The number of hydrogen-bond acceptors (Lipinski definition) is 4. The van der Waals surface area contributed by atoms with Crippen LogP contribution in [0, 0.1) is 0 Å². The Bertz CT molecular complexity index is 768. The van der Waals surface area contributed by atoms with E-state index in [2.05, 4.69) is 15.9 Å². The van der Waals surface area contributed by atoms with Crippen LogP contribution in [-0.4, -0.2) is 17.3 Å². The number of fused-ring (bicyclic) bond motifs is 1. The van der Waals surface area contributed by atoms with Crippen LogP contribution in [0.25, 0.3) is 4.48 Å². The summed E-state index contributed by atoms with van der Waals surface area (Å²) in [5, 5.41) is 0. The molecule has 1 aliphatic carbocycles. The summed E-state index contributed by atoms with van der Waals surface area (Å²) in [6, 6.07) is 8.52. The van der Waals surface area contributed by atoms with Gasteiger partial charge in [-0.1, -0.05) is 30.3 Å². The molecule has 0 radical (unpaired) electrons. The summed E-state index contributed by atoms with van der Waals surface area (Å²) in [5.41, 5.74) is 0.565. The molecular weight excluding hydrogens is 324 g/mol. The molecule has 0 N–H and O–H groups in total. The van der Waals surface area contributed by atoms with Crippen molar-refractivity contribution in [1.82, 2.24) is 0 Å². The molecule has 1 aromatic heterocycles. The number of hydrogen-bond donors (Lipinski definition) is 0. The summed E-state index contributed by atoms with van der Waals surface area (Å²) in [4.78, 5) is 35.9. The van der Waals surface area contributed by atoms with E-state index in [1.807, 2.05) is 0 Å². The Morgan fingerprint density at radius 3 is 2.50 bits per heavy atom. The first-order chi connectivity index (χ1) is 9.59. The molecule has 2 aromatic rings. The molecule has 3 rings (SSSR count). The van der Waals surface area contributed by atoms with Gasteiger partial charge in [-0.15, -0.1) is 0 Å². The maximum absolute atomic E-state index is 12.4. The first kappa shape index (κ1) is 12.7. The number of Topliss-reactive ketones (excluding diaryl/α,β-unsaturated/α-hetero) is 1. The second-order valence-electron chi connectivity index (χ2n) is 4.23. The zero-order valence-electron chi connectivity index (χ0n) is 10.1. The van der Waals surface area contributed by atoms with Crippen LogP contribution < -0.4 is 0 Å². The van der Waals surface area contributed by atoms with Gasteiger partial charge in [0.15, 0.2) is 11.5 Å². The first-order valence-corrected chi connectivity index (χ1v) is 6.56. The van der Waals surface area contributed by atoms with E-state index in [1.165, 1.54) is 6.26 Å². The molecule has 0 saturated heterocycles. The van der Waals surface area contributed by atoms with Crippen molar-refractivity contribution in [2.45, 2.75) is 0 Å². The third-order valence-corrected chi connectivity index (χ3v) is 3.59. The molecule has 1 aliphatic rings. The Balaban J connectivity index is 2.15. The van der Waals surface area contributed by atoms with E-state index >= 15 is 0 Å². The monoisotopic (exact) mass is 330 g/mol. The van der Waals surface area contributed by atoms with Gasteiger partial charge in [0.1, 0.15) is 6.26 Å². The lowest BCUT2D eigenvalue weighted by atomic mass is 9.94. The Kier molecular flexibility index (Phi) is 2.99. The van der Waals surface area contributed by atoms with Gasteiger partial charge in [0, 0.05) is 11.6 Å². The van der Waals surface area contributed by atoms with E-state index in [4.69, 9.17) is 4.42 Å². The molecule has 0 saturated carbocycles. The number of carbonyl (C=O) groups excluding carboxylic acids is 3. The Labute approximate surface area is 122 Å². The number of ketones is 3. The molecule has 5 heteroatoms. The largest absolute Gasteiger partial charge is 0.462 e. The molecule has 98 valence electrons. The van der Waals surface area contributed by atoms with E-state index < -0.39 is 11.6 Å². The maximum Gasteiger partial charge on any atom is 0.237 e. The lowest BCUT2D eigenvalue weighted by Gasteiger charge is -2.07. The van der Waals surface area contributed by atoms with Crippen molar-refractivity contribution in [3.8, 4) is 0 Å². The minimum absolute atomic E-state index is 0.0261. The van der Waals surface area contributed by atoms with Crippen molar-refractivity contribution in [3.05, 3.63) is 65.1 Å². The van der Waals surface area contributed by atoms with Crippen molar-refractivity contribution in [1.29, 1.82) is 0 Å². The summed E-state index contributed by atoms with van der Waals surface area (Å²) in [6.07, 6.45) is 2.36. The first-order valence-electron chi connectivity index (χ1n) is 5.77. The second kappa shape index (κ2) is 4.68. The van der Waals surface area contributed by atoms with E-state index in [0.717, 1.165) is 6.08 Å². The van der Waals surface area contributed by atoms with Gasteiger partial charge in [-0.3, -0.25) is 14.4 Å². The molecule has 0 aliphatic heterocycles. The number of benzene rings is 1. The summed E-state index contributed by atoms with van der Waals surface area (Å²) in [6.45, 7) is 0. The summed E-state index contributed by atoms with van der Waals surface area (Å²) >= 11 is 3.16. The fraction of sp³-hybridized carbons (Fsp3) is 0. The van der Waals surface area contributed by atoms with Crippen molar-refractivity contribution in [2.75, 3.05) is 0 Å². The van der Waals surface area contributed by atoms with Gasteiger partial charge in [-0.05, 0) is 15.9 Å². The fourth-order valence-corrected chi connectivity index (χ4v) is 2.54. The predicted octanol–water partition coefficient (Wildman–Crippen LogP) is 3.01. The van der Waals surface area contributed by atoms with Crippen molar-refractivity contribution >= 4 is 37.8 Å². The average molecular weight is 331 g/mol. The molecule has 0 unspecified atom stereocenters. The van der Waals surface area contributed by atoms with E-state index in [0.29, 0.717) is 10.0 Å². The molecule has 0 bridgehead atoms. The summed E-state index contributed by atoms with van der Waals surface area (Å²) in [5.74, 6) is -1.53. The van der Waals surface area contributed by atoms with Gasteiger partial charge in [0.2, 0.25) is 11.6 Å². The average Bonchev–Trinajstić information content (AvgIpc) is 2.90.